The van der Waals surface area contributed by atoms with E-state index >= 15 is 0 Å². The highest BCUT2D eigenvalue weighted by Gasteiger charge is 2.35. The van der Waals surface area contributed by atoms with Gasteiger partial charge in [0.25, 0.3) is 0 Å². The van der Waals surface area contributed by atoms with Gasteiger partial charge < -0.3 is 10.1 Å². The zero-order valence-electron chi connectivity index (χ0n) is 12.7. The molecule has 4 unspecified atom stereocenters. The van der Waals surface area contributed by atoms with Crippen LogP contribution >= 0.6 is 0 Å². The van der Waals surface area contributed by atoms with E-state index in [0.29, 0.717) is 17.5 Å². The highest BCUT2D eigenvalue weighted by Crippen LogP contribution is 2.38. The third kappa shape index (κ3) is 3.48. The Bertz CT molecular complexity index is 252. The van der Waals surface area contributed by atoms with Crippen molar-refractivity contribution in [1.29, 1.82) is 0 Å². The molecule has 2 heteroatoms. The van der Waals surface area contributed by atoms with Crippen LogP contribution in [0.2, 0.25) is 0 Å². The number of rotatable bonds is 3. The molecule has 1 N–H and O–H groups in total. The lowest BCUT2D eigenvalue weighted by Gasteiger charge is -2.42. The average Bonchev–Trinajstić information content (AvgIpc) is 2.81. The van der Waals surface area contributed by atoms with Gasteiger partial charge in [-0.15, -0.1) is 0 Å². The first-order chi connectivity index (χ1) is 8.48. The molecule has 2 aliphatic rings. The number of hydrogen-bond acceptors (Lipinski definition) is 2. The van der Waals surface area contributed by atoms with E-state index in [1.807, 2.05) is 0 Å². The molecule has 0 aromatic rings. The maximum Gasteiger partial charge on any atom is 0.0509 e. The minimum Gasteiger partial charge on any atom is -0.381 e. The van der Waals surface area contributed by atoms with Crippen molar-refractivity contribution in [3.05, 3.63) is 0 Å². The van der Waals surface area contributed by atoms with Gasteiger partial charge in [-0.2, -0.15) is 0 Å². The number of nitrogens with one attached hydrogen (secondary N) is 1. The Morgan fingerprint density at radius 2 is 1.83 bits per heavy atom. The van der Waals surface area contributed by atoms with Crippen LogP contribution in [0.3, 0.4) is 0 Å². The predicted molar refractivity (Wildman–Crippen MR) is 76.7 cm³/mol. The van der Waals surface area contributed by atoms with Crippen LogP contribution in [0, 0.1) is 17.3 Å². The highest BCUT2D eigenvalue weighted by molar-refractivity contribution is 4.90. The second-order valence-electron chi connectivity index (χ2n) is 7.44. The second-order valence-corrected chi connectivity index (χ2v) is 7.44. The van der Waals surface area contributed by atoms with Gasteiger partial charge in [-0.25, -0.2) is 0 Å². The highest BCUT2D eigenvalue weighted by atomic mass is 16.5. The van der Waals surface area contributed by atoms with Crippen molar-refractivity contribution in [2.24, 2.45) is 17.3 Å². The maximum absolute atomic E-state index is 5.52. The van der Waals surface area contributed by atoms with Crippen molar-refractivity contribution >= 4 is 0 Å². The summed E-state index contributed by atoms with van der Waals surface area (Å²) in [7, 11) is 0. The Morgan fingerprint density at radius 3 is 2.44 bits per heavy atom. The Balaban J connectivity index is 1.92. The van der Waals surface area contributed by atoms with Crippen molar-refractivity contribution < 1.29 is 4.74 Å². The SMILES string of the molecule is CC(NC1CCCCC1C(C)(C)C)C1CCOC1. The van der Waals surface area contributed by atoms with E-state index in [2.05, 4.69) is 33.0 Å². The summed E-state index contributed by atoms with van der Waals surface area (Å²) in [5.74, 6) is 1.56. The van der Waals surface area contributed by atoms with Gasteiger partial charge in [0.1, 0.15) is 0 Å². The Labute approximate surface area is 113 Å². The second kappa shape index (κ2) is 5.92. The molecule has 2 nitrogen and oxygen atoms in total. The molecule has 0 bridgehead atoms. The van der Waals surface area contributed by atoms with E-state index in [-0.39, 0.29) is 0 Å². The molecule has 2 rings (SSSR count). The van der Waals surface area contributed by atoms with Gasteiger partial charge in [-0.3, -0.25) is 0 Å². The predicted octanol–water partition coefficient (Wildman–Crippen LogP) is 3.61. The number of ether oxygens (including phenoxy) is 1. The van der Waals surface area contributed by atoms with Gasteiger partial charge in [0.15, 0.2) is 0 Å². The molecule has 4 atom stereocenters. The summed E-state index contributed by atoms with van der Waals surface area (Å²) >= 11 is 0. The van der Waals surface area contributed by atoms with Crippen molar-refractivity contribution in [2.75, 3.05) is 13.2 Å². The molecule has 2 fully saturated rings. The zero-order chi connectivity index (χ0) is 13.2. The first-order valence-electron chi connectivity index (χ1n) is 7.82. The minimum absolute atomic E-state index is 0.435. The fraction of sp³-hybridized carbons (Fsp3) is 1.00. The standard InChI is InChI=1S/C16H31NO/c1-12(13-9-10-18-11-13)17-15-8-6-5-7-14(15)16(2,3)4/h12-15,17H,5-11H2,1-4H3. The van der Waals surface area contributed by atoms with Crippen LogP contribution in [-0.2, 0) is 4.74 Å². The van der Waals surface area contributed by atoms with Gasteiger partial charge >= 0.3 is 0 Å². The lowest BCUT2D eigenvalue weighted by Crippen LogP contribution is -2.49. The van der Waals surface area contributed by atoms with E-state index in [1.165, 1.54) is 32.1 Å². The van der Waals surface area contributed by atoms with Crippen LogP contribution in [0.15, 0.2) is 0 Å². The average molecular weight is 253 g/mol. The van der Waals surface area contributed by atoms with Gasteiger partial charge in [0.2, 0.25) is 0 Å². The van der Waals surface area contributed by atoms with Crippen molar-refractivity contribution in [3.63, 3.8) is 0 Å². The largest absolute Gasteiger partial charge is 0.381 e. The van der Waals surface area contributed by atoms with Crippen molar-refractivity contribution in [1.82, 2.24) is 5.32 Å². The molecule has 0 spiro atoms. The van der Waals surface area contributed by atoms with Crippen molar-refractivity contribution in [3.8, 4) is 0 Å². The van der Waals surface area contributed by atoms with Crippen LogP contribution in [-0.4, -0.2) is 25.3 Å². The first-order valence-corrected chi connectivity index (χ1v) is 7.82. The molecule has 106 valence electrons. The maximum atomic E-state index is 5.52. The fourth-order valence-corrected chi connectivity index (χ4v) is 3.79. The van der Waals surface area contributed by atoms with Crippen molar-refractivity contribution in [2.45, 2.75) is 71.9 Å². The molecule has 1 saturated carbocycles. The Kier molecular flexibility index (Phi) is 4.71. The summed E-state index contributed by atoms with van der Waals surface area (Å²) in [6.45, 7) is 11.5. The lowest BCUT2D eigenvalue weighted by molar-refractivity contribution is 0.113. The van der Waals surface area contributed by atoms with E-state index in [0.717, 1.165) is 25.0 Å². The molecule has 18 heavy (non-hydrogen) atoms. The third-order valence-corrected chi connectivity index (χ3v) is 5.03. The summed E-state index contributed by atoms with van der Waals surface area (Å²) in [6.07, 6.45) is 6.81. The summed E-state index contributed by atoms with van der Waals surface area (Å²) in [5.41, 5.74) is 0.435. The third-order valence-electron chi connectivity index (χ3n) is 5.03. The van der Waals surface area contributed by atoms with E-state index in [1.54, 1.807) is 0 Å². The lowest BCUT2D eigenvalue weighted by atomic mass is 9.69. The van der Waals surface area contributed by atoms with Gasteiger partial charge in [-0.05, 0) is 43.4 Å². The van der Waals surface area contributed by atoms with Crippen LogP contribution in [0.25, 0.3) is 0 Å². The normalized spacial score (nSPS) is 35.7. The van der Waals surface area contributed by atoms with Gasteiger partial charge in [0.05, 0.1) is 6.61 Å². The Hall–Kier alpha value is -0.0800. The van der Waals surface area contributed by atoms with Gasteiger partial charge in [-0.1, -0.05) is 33.6 Å². The van der Waals surface area contributed by atoms with Gasteiger partial charge in [0, 0.05) is 18.7 Å². The summed E-state index contributed by atoms with van der Waals surface area (Å²) in [6, 6.07) is 1.33. The van der Waals surface area contributed by atoms with E-state index in [4.69, 9.17) is 4.74 Å². The quantitative estimate of drug-likeness (QED) is 0.829. The molecule has 0 aromatic carbocycles. The van der Waals surface area contributed by atoms with Crippen LogP contribution in [0.1, 0.15) is 59.8 Å². The van der Waals surface area contributed by atoms with E-state index < -0.39 is 0 Å². The molecule has 1 aliphatic heterocycles. The van der Waals surface area contributed by atoms with Crippen LogP contribution in [0.5, 0.6) is 0 Å². The molecular weight excluding hydrogens is 222 g/mol. The van der Waals surface area contributed by atoms with Crippen LogP contribution in [0.4, 0.5) is 0 Å². The molecule has 0 aromatic heterocycles. The number of hydrogen-bond donors (Lipinski definition) is 1. The topological polar surface area (TPSA) is 21.3 Å². The summed E-state index contributed by atoms with van der Waals surface area (Å²) in [4.78, 5) is 0. The molecule has 1 heterocycles. The monoisotopic (exact) mass is 253 g/mol. The van der Waals surface area contributed by atoms with Crippen LogP contribution < -0.4 is 5.32 Å². The Morgan fingerprint density at radius 1 is 1.11 bits per heavy atom. The molecule has 0 radical (unpaired) electrons. The molecule has 1 saturated heterocycles. The molecular formula is C16H31NO. The van der Waals surface area contributed by atoms with E-state index in [9.17, 15) is 0 Å². The zero-order valence-corrected chi connectivity index (χ0v) is 12.7. The fourth-order valence-electron chi connectivity index (χ4n) is 3.79. The summed E-state index contributed by atoms with van der Waals surface area (Å²) in [5, 5.41) is 3.94. The molecule has 0 amide bonds. The smallest absolute Gasteiger partial charge is 0.0509 e. The first kappa shape index (κ1) is 14.3. The molecule has 1 aliphatic carbocycles. The summed E-state index contributed by atoms with van der Waals surface area (Å²) < 4.78 is 5.52. The minimum atomic E-state index is 0.435.